The van der Waals surface area contributed by atoms with Crippen molar-refractivity contribution in [2.45, 2.75) is 6.92 Å². The summed E-state index contributed by atoms with van der Waals surface area (Å²) in [5.41, 5.74) is 3.33. The second kappa shape index (κ2) is 8.84. The first-order chi connectivity index (χ1) is 16.1. The van der Waals surface area contributed by atoms with Crippen molar-refractivity contribution < 1.29 is 9.59 Å². The van der Waals surface area contributed by atoms with Crippen molar-refractivity contribution in [3.8, 4) is 0 Å². The fraction of sp³-hybridized carbons (Fsp3) is 0.200. The first-order valence-electron chi connectivity index (χ1n) is 10.9. The summed E-state index contributed by atoms with van der Waals surface area (Å²) in [6.45, 7) is 5.03. The first-order valence-corrected chi connectivity index (χ1v) is 10.9. The summed E-state index contributed by atoms with van der Waals surface area (Å²) >= 11 is 0. The summed E-state index contributed by atoms with van der Waals surface area (Å²) in [5.74, 6) is -0.309. The van der Waals surface area contributed by atoms with E-state index in [-0.39, 0.29) is 5.57 Å². The van der Waals surface area contributed by atoms with E-state index >= 15 is 0 Å². The van der Waals surface area contributed by atoms with Crippen LogP contribution in [0.4, 0.5) is 11.6 Å². The number of piperazine rings is 1. The molecule has 33 heavy (non-hydrogen) atoms. The predicted octanol–water partition coefficient (Wildman–Crippen LogP) is 2.47. The van der Waals surface area contributed by atoms with Crippen molar-refractivity contribution in [2.75, 3.05) is 36.4 Å². The van der Waals surface area contributed by atoms with Crippen LogP contribution in [-0.4, -0.2) is 48.0 Å². The van der Waals surface area contributed by atoms with Crippen LogP contribution in [0.3, 0.4) is 0 Å². The molecule has 8 nitrogen and oxygen atoms in total. The highest BCUT2D eigenvalue weighted by Crippen LogP contribution is 2.33. The number of para-hydroxylation sites is 2. The molecule has 0 radical (unpaired) electrons. The summed E-state index contributed by atoms with van der Waals surface area (Å²) < 4.78 is 0. The predicted molar refractivity (Wildman–Crippen MR) is 129 cm³/mol. The van der Waals surface area contributed by atoms with Gasteiger partial charge in [0.05, 0.1) is 22.4 Å². The van der Waals surface area contributed by atoms with E-state index < -0.39 is 11.8 Å². The van der Waals surface area contributed by atoms with Crippen LogP contribution >= 0.6 is 0 Å². The van der Waals surface area contributed by atoms with E-state index in [2.05, 4.69) is 20.9 Å². The van der Waals surface area contributed by atoms with Gasteiger partial charge in [-0.3, -0.25) is 14.9 Å². The van der Waals surface area contributed by atoms with Gasteiger partial charge in [-0.2, -0.15) is 0 Å². The van der Waals surface area contributed by atoms with Crippen molar-refractivity contribution in [2.24, 2.45) is 0 Å². The minimum atomic E-state index is -0.447. The average molecular weight is 441 g/mol. The van der Waals surface area contributed by atoms with Gasteiger partial charge in [0, 0.05) is 43.5 Å². The fourth-order valence-electron chi connectivity index (χ4n) is 4.12. The quantitative estimate of drug-likeness (QED) is 0.524. The Morgan fingerprint density at radius 1 is 0.970 bits per heavy atom. The number of fused-ring (bicyclic) bond motifs is 1. The number of aromatic nitrogens is 2. The largest absolute Gasteiger partial charge is 0.361 e. The maximum atomic E-state index is 13.0. The number of rotatable bonds is 5. The van der Waals surface area contributed by atoms with Gasteiger partial charge in [0.25, 0.3) is 11.8 Å². The molecule has 0 spiro atoms. The number of carbonyl (C=O) groups is 2. The van der Waals surface area contributed by atoms with Crippen molar-refractivity contribution in [3.63, 3.8) is 0 Å². The number of hydrogen-bond donors (Lipinski definition) is 3. The molecule has 0 bridgehead atoms. The highest BCUT2D eigenvalue weighted by molar-refractivity contribution is 6.38. The molecule has 0 atom stereocenters. The molecule has 3 aromatic rings. The summed E-state index contributed by atoms with van der Waals surface area (Å²) in [4.78, 5) is 37.5. The smallest absolute Gasteiger partial charge is 0.261 e. The van der Waals surface area contributed by atoms with E-state index in [9.17, 15) is 9.59 Å². The van der Waals surface area contributed by atoms with Gasteiger partial charge in [-0.15, -0.1) is 0 Å². The van der Waals surface area contributed by atoms with Gasteiger partial charge in [-0.25, -0.2) is 9.97 Å². The minimum absolute atomic E-state index is 0.276. The lowest BCUT2D eigenvalue weighted by Crippen LogP contribution is -2.44. The lowest BCUT2D eigenvalue weighted by atomic mass is 9.98. The van der Waals surface area contributed by atoms with Gasteiger partial charge in [0.2, 0.25) is 5.95 Å². The molecule has 1 aromatic heterocycles. The third-order valence-corrected chi connectivity index (χ3v) is 5.78. The van der Waals surface area contributed by atoms with Crippen LogP contribution in [0.25, 0.3) is 16.5 Å². The number of amides is 2. The Hall–Kier alpha value is -4.04. The van der Waals surface area contributed by atoms with Gasteiger partial charge >= 0.3 is 0 Å². The molecule has 1 saturated heterocycles. The van der Waals surface area contributed by atoms with Gasteiger partial charge in [-0.1, -0.05) is 36.4 Å². The molecule has 1 fully saturated rings. The van der Waals surface area contributed by atoms with Crippen LogP contribution in [0.15, 0.2) is 71.9 Å². The zero-order chi connectivity index (χ0) is 22.8. The maximum absolute atomic E-state index is 13.0. The van der Waals surface area contributed by atoms with Crippen molar-refractivity contribution in [1.29, 1.82) is 0 Å². The van der Waals surface area contributed by atoms with E-state index in [0.29, 0.717) is 22.8 Å². The molecule has 3 heterocycles. The Morgan fingerprint density at radius 3 is 2.48 bits per heavy atom. The van der Waals surface area contributed by atoms with Crippen molar-refractivity contribution in [3.05, 3.63) is 77.6 Å². The van der Waals surface area contributed by atoms with Crippen LogP contribution in [0, 0.1) is 0 Å². The molecule has 2 amide bonds. The molecular formula is C25H24N6O2. The van der Waals surface area contributed by atoms with E-state index in [1.54, 1.807) is 6.20 Å². The van der Waals surface area contributed by atoms with Crippen LogP contribution in [0.1, 0.15) is 12.6 Å². The van der Waals surface area contributed by atoms with Crippen LogP contribution in [0.2, 0.25) is 0 Å². The number of nitrogens with zero attached hydrogens (tertiary/aromatic N) is 3. The molecule has 3 N–H and O–H groups in total. The van der Waals surface area contributed by atoms with Crippen LogP contribution in [-0.2, 0) is 9.59 Å². The van der Waals surface area contributed by atoms with Crippen molar-refractivity contribution >= 4 is 39.9 Å². The summed E-state index contributed by atoms with van der Waals surface area (Å²) in [6.07, 6.45) is 1.74. The highest BCUT2D eigenvalue weighted by Gasteiger charge is 2.34. The second-order valence-corrected chi connectivity index (χ2v) is 8.00. The maximum Gasteiger partial charge on any atom is 0.261 e. The third kappa shape index (κ3) is 4.08. The minimum Gasteiger partial charge on any atom is -0.361 e. The van der Waals surface area contributed by atoms with E-state index in [0.717, 1.165) is 42.8 Å². The molecule has 8 heteroatoms. The lowest BCUT2D eigenvalue weighted by molar-refractivity contribution is -0.123. The standard InChI is InChI=1S/C25H24N6O2/c1-16(15-27-17-7-3-2-4-8-17)20-21(24(33)30-23(20)32)22-18-9-5-6-10-19(18)28-25(29-22)31-13-11-26-12-14-31/h2-10,15,26-27H,11-14H2,1H3,(H,30,32,33)/b16-15+. The molecule has 5 rings (SSSR count). The molecule has 0 aliphatic carbocycles. The second-order valence-electron chi connectivity index (χ2n) is 8.00. The number of nitrogens with one attached hydrogen (secondary N) is 3. The van der Waals surface area contributed by atoms with Crippen LogP contribution < -0.4 is 20.9 Å². The summed E-state index contributed by atoms with van der Waals surface area (Å²) in [5, 5.41) is 9.71. The summed E-state index contributed by atoms with van der Waals surface area (Å²) in [6, 6.07) is 17.2. The SMILES string of the molecule is C/C(=C\Nc1ccccc1)C1=C(c2nc(N3CCNCC3)nc3ccccc23)C(=O)NC1=O. The normalized spacial score (nSPS) is 17.0. The summed E-state index contributed by atoms with van der Waals surface area (Å²) in [7, 11) is 0. The Balaban J connectivity index is 1.64. The van der Waals surface area contributed by atoms with Crippen molar-refractivity contribution in [1.82, 2.24) is 20.6 Å². The van der Waals surface area contributed by atoms with E-state index in [1.165, 1.54) is 0 Å². The number of hydrogen-bond acceptors (Lipinski definition) is 7. The zero-order valence-corrected chi connectivity index (χ0v) is 18.3. The molecular weight excluding hydrogens is 416 g/mol. The molecule has 0 saturated carbocycles. The molecule has 2 aromatic carbocycles. The first kappa shape index (κ1) is 20.8. The number of imide groups is 1. The van der Waals surface area contributed by atoms with E-state index in [1.807, 2.05) is 61.5 Å². The Bertz CT molecular complexity index is 1290. The number of benzene rings is 2. The third-order valence-electron chi connectivity index (χ3n) is 5.78. The zero-order valence-electron chi connectivity index (χ0n) is 18.3. The number of anilines is 2. The van der Waals surface area contributed by atoms with Gasteiger partial charge in [0.15, 0.2) is 0 Å². The fourth-order valence-corrected chi connectivity index (χ4v) is 4.12. The molecule has 2 aliphatic heterocycles. The average Bonchev–Trinajstić information content (AvgIpc) is 3.16. The molecule has 2 aliphatic rings. The van der Waals surface area contributed by atoms with Gasteiger partial charge in [-0.05, 0) is 30.7 Å². The Labute approximate surface area is 191 Å². The van der Waals surface area contributed by atoms with Crippen LogP contribution in [0.5, 0.6) is 0 Å². The Kier molecular flexibility index (Phi) is 5.58. The number of carbonyl (C=O) groups excluding carboxylic acids is 2. The van der Waals surface area contributed by atoms with E-state index in [4.69, 9.17) is 9.97 Å². The highest BCUT2D eigenvalue weighted by atomic mass is 16.2. The topological polar surface area (TPSA) is 99.2 Å². The molecule has 0 unspecified atom stereocenters. The monoisotopic (exact) mass is 440 g/mol. The Morgan fingerprint density at radius 2 is 1.70 bits per heavy atom. The molecule has 166 valence electrons. The van der Waals surface area contributed by atoms with Gasteiger partial charge < -0.3 is 15.5 Å². The lowest BCUT2D eigenvalue weighted by Gasteiger charge is -2.28. The van der Waals surface area contributed by atoms with Gasteiger partial charge in [0.1, 0.15) is 0 Å².